The van der Waals surface area contributed by atoms with Gasteiger partial charge in [0.2, 0.25) is 11.8 Å². The Labute approximate surface area is 136 Å². The minimum atomic E-state index is -0.127. The molecule has 0 unspecified atom stereocenters. The molecule has 2 aromatic rings. The molecule has 1 atom stereocenters. The summed E-state index contributed by atoms with van der Waals surface area (Å²) in [5.74, 6) is 1.29. The van der Waals surface area contributed by atoms with E-state index in [1.807, 2.05) is 39.8 Å². The maximum Gasteiger partial charge on any atom is 0.226 e. The van der Waals surface area contributed by atoms with Gasteiger partial charge in [0.05, 0.1) is 6.04 Å². The van der Waals surface area contributed by atoms with E-state index in [0.717, 1.165) is 5.56 Å². The van der Waals surface area contributed by atoms with Crippen molar-refractivity contribution in [2.75, 3.05) is 0 Å². The lowest BCUT2D eigenvalue weighted by Crippen LogP contribution is -2.26. The molecule has 2 heterocycles. The lowest BCUT2D eigenvalue weighted by atomic mass is 9.96. The maximum atomic E-state index is 12.0. The summed E-state index contributed by atoms with van der Waals surface area (Å²) in [5.41, 5.74) is 0.866. The van der Waals surface area contributed by atoms with E-state index in [-0.39, 0.29) is 17.4 Å². The molecule has 6 nitrogen and oxygen atoms in total. The maximum absolute atomic E-state index is 12.0. The van der Waals surface area contributed by atoms with Crippen LogP contribution in [-0.2, 0) is 16.6 Å². The molecule has 124 valence electrons. The zero-order valence-corrected chi connectivity index (χ0v) is 14.2. The molecule has 2 rings (SSSR count). The van der Waals surface area contributed by atoms with Gasteiger partial charge in [-0.15, -0.1) is 0 Å². The highest BCUT2D eigenvalue weighted by molar-refractivity contribution is 5.76. The van der Waals surface area contributed by atoms with Crippen LogP contribution in [0.25, 0.3) is 0 Å². The molecule has 0 aliphatic heterocycles. The Bertz CT molecular complexity index is 632. The second-order valence-corrected chi connectivity index (χ2v) is 6.69. The molecule has 2 aromatic heterocycles. The normalized spacial score (nSPS) is 12.9. The van der Waals surface area contributed by atoms with E-state index in [1.54, 1.807) is 12.4 Å². The Balaban J connectivity index is 1.76. The first-order valence-corrected chi connectivity index (χ1v) is 7.88. The second kappa shape index (κ2) is 7.35. The van der Waals surface area contributed by atoms with E-state index in [1.165, 1.54) is 0 Å². The van der Waals surface area contributed by atoms with Crippen molar-refractivity contribution in [2.24, 2.45) is 0 Å². The summed E-state index contributed by atoms with van der Waals surface area (Å²) < 4.78 is 5.22. The number of hydrogen-bond donors (Lipinski definition) is 1. The molecule has 0 radical (unpaired) electrons. The number of carbonyl (C=O) groups is 1. The molecule has 23 heavy (non-hydrogen) atoms. The minimum absolute atomic E-state index is 0.0110. The molecule has 0 bridgehead atoms. The van der Waals surface area contributed by atoms with Gasteiger partial charge in [0.1, 0.15) is 0 Å². The highest BCUT2D eigenvalue weighted by Gasteiger charge is 2.20. The number of nitrogens with zero attached hydrogens (tertiary/aromatic N) is 3. The van der Waals surface area contributed by atoms with E-state index in [9.17, 15) is 4.79 Å². The molecule has 0 saturated heterocycles. The van der Waals surface area contributed by atoms with Crippen molar-refractivity contribution in [3.05, 3.63) is 41.8 Å². The number of amides is 1. The van der Waals surface area contributed by atoms with E-state index in [4.69, 9.17) is 4.52 Å². The third kappa shape index (κ3) is 5.16. The van der Waals surface area contributed by atoms with Gasteiger partial charge in [0.15, 0.2) is 5.82 Å². The average Bonchev–Trinajstić information content (AvgIpc) is 2.97. The third-order valence-electron chi connectivity index (χ3n) is 3.50. The highest BCUT2D eigenvalue weighted by Crippen LogP contribution is 2.19. The van der Waals surface area contributed by atoms with Crippen LogP contribution in [0.4, 0.5) is 0 Å². The summed E-state index contributed by atoms with van der Waals surface area (Å²) in [4.78, 5) is 20.4. The molecule has 0 aliphatic carbocycles. The molecule has 0 fully saturated rings. The van der Waals surface area contributed by atoms with Crippen molar-refractivity contribution in [1.82, 2.24) is 20.4 Å². The van der Waals surface area contributed by atoms with Crippen LogP contribution in [0.2, 0.25) is 0 Å². The standard InChI is InChI=1S/C17H24N4O2/c1-12(13-7-6-10-18-11-13)19-14(22)8-5-9-15-20-16(21-23-15)17(2,3)4/h6-7,10-12H,5,8-9H2,1-4H3,(H,19,22)/t12-/m0/s1. The molecular formula is C17H24N4O2. The first-order chi connectivity index (χ1) is 10.9. The second-order valence-electron chi connectivity index (χ2n) is 6.69. The third-order valence-corrected chi connectivity index (χ3v) is 3.50. The fourth-order valence-electron chi connectivity index (χ4n) is 2.09. The van der Waals surface area contributed by atoms with Gasteiger partial charge >= 0.3 is 0 Å². The molecule has 0 saturated carbocycles. The molecule has 0 spiro atoms. The zero-order chi connectivity index (χ0) is 16.9. The van der Waals surface area contributed by atoms with Crippen molar-refractivity contribution in [3.8, 4) is 0 Å². The van der Waals surface area contributed by atoms with Crippen LogP contribution in [0.5, 0.6) is 0 Å². The summed E-state index contributed by atoms with van der Waals surface area (Å²) in [6.45, 7) is 8.06. The van der Waals surface area contributed by atoms with Gasteiger partial charge in [-0.05, 0) is 25.0 Å². The van der Waals surface area contributed by atoms with E-state index >= 15 is 0 Å². The number of carbonyl (C=O) groups excluding carboxylic acids is 1. The van der Waals surface area contributed by atoms with Gasteiger partial charge in [0, 0.05) is 30.7 Å². The van der Waals surface area contributed by atoms with Crippen LogP contribution in [-0.4, -0.2) is 21.0 Å². The largest absolute Gasteiger partial charge is 0.350 e. The topological polar surface area (TPSA) is 80.9 Å². The summed E-state index contributed by atoms with van der Waals surface area (Å²) in [7, 11) is 0. The van der Waals surface area contributed by atoms with Crippen LogP contribution in [0.1, 0.15) is 63.9 Å². The molecule has 1 N–H and O–H groups in total. The van der Waals surface area contributed by atoms with Crippen LogP contribution in [0.3, 0.4) is 0 Å². The average molecular weight is 316 g/mol. The van der Waals surface area contributed by atoms with E-state index in [0.29, 0.717) is 31.0 Å². The minimum Gasteiger partial charge on any atom is -0.350 e. The van der Waals surface area contributed by atoms with Crippen molar-refractivity contribution in [3.63, 3.8) is 0 Å². The van der Waals surface area contributed by atoms with Gasteiger partial charge in [-0.3, -0.25) is 9.78 Å². The smallest absolute Gasteiger partial charge is 0.226 e. The quantitative estimate of drug-likeness (QED) is 0.886. The first-order valence-electron chi connectivity index (χ1n) is 7.88. The fourth-order valence-corrected chi connectivity index (χ4v) is 2.09. The molecule has 1 amide bonds. The lowest BCUT2D eigenvalue weighted by molar-refractivity contribution is -0.121. The Kier molecular flexibility index (Phi) is 5.47. The number of aryl methyl sites for hydroxylation is 1. The van der Waals surface area contributed by atoms with Gasteiger partial charge in [0.25, 0.3) is 0 Å². The Morgan fingerprint density at radius 1 is 1.39 bits per heavy atom. The van der Waals surface area contributed by atoms with Crippen LogP contribution in [0, 0.1) is 0 Å². The van der Waals surface area contributed by atoms with Crippen LogP contribution >= 0.6 is 0 Å². The van der Waals surface area contributed by atoms with Crippen molar-refractivity contribution >= 4 is 5.91 Å². The monoisotopic (exact) mass is 316 g/mol. The number of rotatable bonds is 6. The fraction of sp³-hybridized carbons (Fsp3) is 0.529. The predicted molar refractivity (Wildman–Crippen MR) is 86.7 cm³/mol. The van der Waals surface area contributed by atoms with E-state index in [2.05, 4.69) is 20.4 Å². The number of aromatic nitrogens is 3. The van der Waals surface area contributed by atoms with Crippen molar-refractivity contribution in [2.45, 2.75) is 58.4 Å². The summed E-state index contributed by atoms with van der Waals surface area (Å²) in [6, 6.07) is 3.76. The Morgan fingerprint density at radius 3 is 2.78 bits per heavy atom. The summed E-state index contributed by atoms with van der Waals surface area (Å²) in [5, 5.41) is 6.95. The van der Waals surface area contributed by atoms with Gasteiger partial charge in [-0.2, -0.15) is 4.98 Å². The van der Waals surface area contributed by atoms with Crippen LogP contribution < -0.4 is 5.32 Å². The van der Waals surface area contributed by atoms with Crippen LogP contribution in [0.15, 0.2) is 29.0 Å². The lowest BCUT2D eigenvalue weighted by Gasteiger charge is -2.13. The van der Waals surface area contributed by atoms with Gasteiger partial charge in [-0.1, -0.05) is 32.0 Å². The number of hydrogen-bond acceptors (Lipinski definition) is 5. The number of nitrogens with one attached hydrogen (secondary N) is 1. The molecule has 6 heteroatoms. The zero-order valence-electron chi connectivity index (χ0n) is 14.2. The van der Waals surface area contributed by atoms with Crippen molar-refractivity contribution in [1.29, 1.82) is 0 Å². The van der Waals surface area contributed by atoms with Crippen molar-refractivity contribution < 1.29 is 9.32 Å². The number of pyridine rings is 1. The molecular weight excluding hydrogens is 292 g/mol. The summed E-state index contributed by atoms with van der Waals surface area (Å²) in [6.07, 6.45) is 5.19. The SMILES string of the molecule is C[C@H](NC(=O)CCCc1nc(C(C)(C)C)no1)c1cccnc1. The van der Waals surface area contributed by atoms with Gasteiger partial charge < -0.3 is 9.84 Å². The Morgan fingerprint density at radius 2 is 2.17 bits per heavy atom. The van der Waals surface area contributed by atoms with E-state index < -0.39 is 0 Å². The Hall–Kier alpha value is -2.24. The molecule has 0 aromatic carbocycles. The highest BCUT2D eigenvalue weighted by atomic mass is 16.5. The first kappa shape index (κ1) is 17.1. The predicted octanol–water partition coefficient (Wildman–Crippen LogP) is 2.96. The molecule has 0 aliphatic rings. The summed E-state index contributed by atoms with van der Waals surface area (Å²) >= 11 is 0. The van der Waals surface area contributed by atoms with Gasteiger partial charge in [-0.25, -0.2) is 0 Å².